The summed E-state index contributed by atoms with van der Waals surface area (Å²) in [5.74, 6) is -0.0417. The molecule has 0 saturated carbocycles. The molecule has 4 aromatic rings. The summed E-state index contributed by atoms with van der Waals surface area (Å²) in [5, 5.41) is 8.27. The zero-order chi connectivity index (χ0) is 22.3. The van der Waals surface area contributed by atoms with E-state index in [1.165, 1.54) is 23.1 Å². The Morgan fingerprint density at radius 1 is 0.938 bits per heavy atom. The molecule has 0 unspecified atom stereocenters. The van der Waals surface area contributed by atoms with Crippen molar-refractivity contribution in [3.05, 3.63) is 95.4 Å². The third-order valence-electron chi connectivity index (χ3n) is 4.56. The molecular formula is C25H21N3O2S2. The van der Waals surface area contributed by atoms with E-state index in [0.29, 0.717) is 16.4 Å². The summed E-state index contributed by atoms with van der Waals surface area (Å²) in [5.41, 5.74) is 4.19. The first-order chi connectivity index (χ1) is 15.6. The van der Waals surface area contributed by atoms with Crippen LogP contribution in [-0.4, -0.2) is 22.6 Å². The van der Waals surface area contributed by atoms with Crippen LogP contribution in [0.2, 0.25) is 0 Å². The van der Waals surface area contributed by atoms with E-state index in [0.717, 1.165) is 21.7 Å². The van der Waals surface area contributed by atoms with Crippen LogP contribution in [0.15, 0.2) is 89.1 Å². The summed E-state index contributed by atoms with van der Waals surface area (Å²) >= 11 is 2.81. The minimum absolute atomic E-state index is 0.127. The van der Waals surface area contributed by atoms with Crippen LogP contribution in [0.25, 0.3) is 11.3 Å². The summed E-state index contributed by atoms with van der Waals surface area (Å²) < 4.78 is 0. The number of nitrogens with one attached hydrogen (secondary N) is 2. The number of thiazole rings is 1. The molecule has 3 aromatic carbocycles. The van der Waals surface area contributed by atoms with Gasteiger partial charge < -0.3 is 10.6 Å². The van der Waals surface area contributed by atoms with Gasteiger partial charge in [-0.1, -0.05) is 54.1 Å². The van der Waals surface area contributed by atoms with Crippen molar-refractivity contribution in [2.24, 2.45) is 0 Å². The van der Waals surface area contributed by atoms with E-state index in [1.807, 2.05) is 85.1 Å². The SMILES string of the molecule is Cc1cccc(C(=O)Nc2cccc(SCC(=O)Nc3nc(-c4ccccc4)cs3)c2)c1. The molecule has 0 atom stereocenters. The third-order valence-corrected chi connectivity index (χ3v) is 6.31. The second kappa shape index (κ2) is 10.3. The molecule has 0 aliphatic carbocycles. The van der Waals surface area contributed by atoms with E-state index in [9.17, 15) is 9.59 Å². The van der Waals surface area contributed by atoms with E-state index in [1.54, 1.807) is 6.07 Å². The van der Waals surface area contributed by atoms with Crippen molar-refractivity contribution in [3.8, 4) is 11.3 Å². The number of carbonyl (C=O) groups is 2. The molecule has 2 amide bonds. The molecule has 5 nitrogen and oxygen atoms in total. The molecule has 0 fully saturated rings. The van der Waals surface area contributed by atoms with Gasteiger partial charge in [-0.2, -0.15) is 0 Å². The second-order valence-corrected chi connectivity index (χ2v) is 9.00. The van der Waals surface area contributed by atoms with Crippen LogP contribution in [0, 0.1) is 6.92 Å². The maximum absolute atomic E-state index is 12.5. The first-order valence-electron chi connectivity index (χ1n) is 9.98. The van der Waals surface area contributed by atoms with Crippen LogP contribution in [0.3, 0.4) is 0 Å². The van der Waals surface area contributed by atoms with Crippen molar-refractivity contribution in [3.63, 3.8) is 0 Å². The summed E-state index contributed by atoms with van der Waals surface area (Å²) in [6.07, 6.45) is 0. The van der Waals surface area contributed by atoms with Gasteiger partial charge in [0.05, 0.1) is 11.4 Å². The smallest absolute Gasteiger partial charge is 0.255 e. The molecule has 2 N–H and O–H groups in total. The van der Waals surface area contributed by atoms with E-state index in [-0.39, 0.29) is 17.6 Å². The lowest BCUT2D eigenvalue weighted by Gasteiger charge is -2.08. The van der Waals surface area contributed by atoms with Gasteiger partial charge in [-0.15, -0.1) is 23.1 Å². The average Bonchev–Trinajstić information content (AvgIpc) is 3.27. The Morgan fingerprint density at radius 2 is 1.75 bits per heavy atom. The molecule has 0 bridgehead atoms. The van der Waals surface area contributed by atoms with Crippen LogP contribution in [0.1, 0.15) is 15.9 Å². The lowest BCUT2D eigenvalue weighted by Crippen LogP contribution is -2.14. The number of aromatic nitrogens is 1. The zero-order valence-electron chi connectivity index (χ0n) is 17.4. The highest BCUT2D eigenvalue weighted by Crippen LogP contribution is 2.26. The minimum atomic E-state index is -0.161. The molecule has 4 rings (SSSR count). The van der Waals surface area contributed by atoms with Crippen molar-refractivity contribution in [1.82, 2.24) is 4.98 Å². The first-order valence-corrected chi connectivity index (χ1v) is 11.8. The molecule has 32 heavy (non-hydrogen) atoms. The second-order valence-electron chi connectivity index (χ2n) is 7.09. The standard InChI is InChI=1S/C25H21N3O2S2/c1-17-7-5-10-19(13-17)24(30)26-20-11-6-12-21(14-20)31-16-23(29)28-25-27-22(15-32-25)18-8-3-2-4-9-18/h2-15H,16H2,1H3,(H,26,30)(H,27,28,29). The molecule has 160 valence electrons. The summed E-state index contributed by atoms with van der Waals surface area (Å²) in [4.78, 5) is 30.2. The third kappa shape index (κ3) is 5.84. The monoisotopic (exact) mass is 459 g/mol. The van der Waals surface area contributed by atoms with Crippen LogP contribution in [0.5, 0.6) is 0 Å². The topological polar surface area (TPSA) is 71.1 Å². The largest absolute Gasteiger partial charge is 0.322 e. The lowest BCUT2D eigenvalue weighted by atomic mass is 10.1. The number of carbonyl (C=O) groups excluding carboxylic acids is 2. The van der Waals surface area contributed by atoms with Gasteiger partial charge in [0, 0.05) is 27.1 Å². The Morgan fingerprint density at radius 3 is 2.56 bits per heavy atom. The fourth-order valence-electron chi connectivity index (χ4n) is 3.03. The van der Waals surface area contributed by atoms with Gasteiger partial charge in [0.25, 0.3) is 5.91 Å². The Bertz CT molecular complexity index is 1240. The summed E-state index contributed by atoms with van der Waals surface area (Å²) in [6, 6.07) is 24.8. The summed E-state index contributed by atoms with van der Waals surface area (Å²) in [6.45, 7) is 1.95. The molecule has 7 heteroatoms. The molecule has 0 saturated heterocycles. The predicted octanol–water partition coefficient (Wildman–Crippen LogP) is 6.10. The quantitative estimate of drug-likeness (QED) is 0.328. The number of hydrogen-bond donors (Lipinski definition) is 2. The van der Waals surface area contributed by atoms with Gasteiger partial charge in [-0.25, -0.2) is 4.98 Å². The van der Waals surface area contributed by atoms with Crippen molar-refractivity contribution >= 4 is 45.7 Å². The number of rotatable bonds is 7. The minimum Gasteiger partial charge on any atom is -0.322 e. The Hall–Kier alpha value is -3.42. The Balaban J connectivity index is 1.32. The normalized spacial score (nSPS) is 10.5. The van der Waals surface area contributed by atoms with Gasteiger partial charge >= 0.3 is 0 Å². The average molecular weight is 460 g/mol. The van der Waals surface area contributed by atoms with Crippen molar-refractivity contribution in [1.29, 1.82) is 0 Å². The van der Waals surface area contributed by atoms with Gasteiger partial charge in [0.1, 0.15) is 0 Å². The van der Waals surface area contributed by atoms with E-state index >= 15 is 0 Å². The van der Waals surface area contributed by atoms with Gasteiger partial charge in [0.15, 0.2) is 5.13 Å². The fraction of sp³-hybridized carbons (Fsp3) is 0.0800. The van der Waals surface area contributed by atoms with Crippen LogP contribution in [-0.2, 0) is 4.79 Å². The van der Waals surface area contributed by atoms with Gasteiger partial charge in [-0.05, 0) is 37.3 Å². The Labute approximate surface area is 194 Å². The number of aryl methyl sites for hydroxylation is 1. The maximum Gasteiger partial charge on any atom is 0.255 e. The van der Waals surface area contributed by atoms with E-state index < -0.39 is 0 Å². The van der Waals surface area contributed by atoms with Gasteiger partial charge in [0.2, 0.25) is 5.91 Å². The highest BCUT2D eigenvalue weighted by molar-refractivity contribution is 8.00. The van der Waals surface area contributed by atoms with Crippen LogP contribution < -0.4 is 10.6 Å². The van der Waals surface area contributed by atoms with Gasteiger partial charge in [-0.3, -0.25) is 9.59 Å². The number of amides is 2. The number of benzene rings is 3. The van der Waals surface area contributed by atoms with Crippen LogP contribution >= 0.6 is 23.1 Å². The fourth-order valence-corrected chi connectivity index (χ4v) is 4.52. The molecule has 0 aliphatic rings. The molecule has 1 aromatic heterocycles. The molecule has 0 aliphatic heterocycles. The van der Waals surface area contributed by atoms with Crippen molar-refractivity contribution in [2.45, 2.75) is 11.8 Å². The highest BCUT2D eigenvalue weighted by Gasteiger charge is 2.10. The van der Waals surface area contributed by atoms with E-state index in [2.05, 4.69) is 15.6 Å². The van der Waals surface area contributed by atoms with E-state index in [4.69, 9.17) is 0 Å². The number of nitrogens with zero attached hydrogens (tertiary/aromatic N) is 1. The first kappa shape index (κ1) is 21.8. The molecule has 1 heterocycles. The van der Waals surface area contributed by atoms with Crippen LogP contribution in [0.4, 0.5) is 10.8 Å². The number of thioether (sulfide) groups is 1. The number of anilines is 2. The molecule has 0 radical (unpaired) electrons. The zero-order valence-corrected chi connectivity index (χ0v) is 19.0. The van der Waals surface area contributed by atoms with Crippen molar-refractivity contribution < 1.29 is 9.59 Å². The summed E-state index contributed by atoms with van der Waals surface area (Å²) in [7, 11) is 0. The maximum atomic E-state index is 12.5. The molecule has 0 spiro atoms. The molecular weight excluding hydrogens is 438 g/mol. The lowest BCUT2D eigenvalue weighted by molar-refractivity contribution is -0.113. The van der Waals surface area contributed by atoms with Crippen molar-refractivity contribution in [2.75, 3.05) is 16.4 Å². The number of hydrogen-bond acceptors (Lipinski definition) is 5. The highest BCUT2D eigenvalue weighted by atomic mass is 32.2. The Kier molecular flexibility index (Phi) is 6.99. The predicted molar refractivity (Wildman–Crippen MR) is 132 cm³/mol.